The molecule has 320 valence electrons. The van der Waals surface area contributed by atoms with Crippen molar-refractivity contribution in [1.82, 2.24) is 5.32 Å². The fourth-order valence-corrected chi connectivity index (χ4v) is 7.53. The summed E-state index contributed by atoms with van der Waals surface area (Å²) in [6, 6.07) is -0.757. The van der Waals surface area contributed by atoms with E-state index in [0.29, 0.717) is 6.42 Å². The number of hydrogen-bond donors (Lipinski definition) is 4. The molecule has 0 saturated heterocycles. The molecular weight excluding hydrogens is 667 g/mol. The van der Waals surface area contributed by atoms with Gasteiger partial charge < -0.3 is 20.6 Å². The van der Waals surface area contributed by atoms with Crippen molar-refractivity contribution in [2.45, 2.75) is 276 Å². The molecule has 0 aromatic carbocycles. The zero-order valence-corrected chi connectivity index (χ0v) is 36.4. The van der Waals surface area contributed by atoms with Crippen LogP contribution in [0.15, 0.2) is 24.3 Å². The number of aliphatic hydroxyl groups is 3. The lowest BCUT2D eigenvalue weighted by Crippen LogP contribution is -2.45. The van der Waals surface area contributed by atoms with Crippen LogP contribution in [0.3, 0.4) is 0 Å². The molecule has 0 aromatic rings. The second-order valence-electron chi connectivity index (χ2n) is 16.7. The first-order valence-corrected chi connectivity index (χ1v) is 24.1. The van der Waals surface area contributed by atoms with Gasteiger partial charge >= 0.3 is 0 Å². The maximum absolute atomic E-state index is 12.4. The predicted molar refractivity (Wildman–Crippen MR) is 236 cm³/mol. The molecule has 0 aliphatic rings. The SMILES string of the molecule is CCCCCCCC/C=C/CC/C=C/C(O)C(CO)NC(=O)CC(O)CCCCCCCCCCCCCCCCCCCCCCCCCCCCC. The Kier molecular flexibility index (Phi) is 43.6. The van der Waals surface area contributed by atoms with Gasteiger partial charge in [-0.1, -0.05) is 244 Å². The van der Waals surface area contributed by atoms with Gasteiger partial charge in [-0.05, 0) is 32.1 Å². The molecule has 0 fully saturated rings. The number of carbonyl (C=O) groups excluding carboxylic acids is 1. The van der Waals surface area contributed by atoms with Crippen LogP contribution in [0.4, 0.5) is 0 Å². The fraction of sp³-hybridized carbons (Fsp3) is 0.898. The highest BCUT2D eigenvalue weighted by Crippen LogP contribution is 2.17. The van der Waals surface area contributed by atoms with Gasteiger partial charge in [0, 0.05) is 0 Å². The van der Waals surface area contributed by atoms with E-state index >= 15 is 0 Å². The number of nitrogens with one attached hydrogen (secondary N) is 1. The zero-order chi connectivity index (χ0) is 39.4. The van der Waals surface area contributed by atoms with E-state index in [2.05, 4.69) is 31.3 Å². The Morgan fingerprint density at radius 2 is 0.796 bits per heavy atom. The highest BCUT2D eigenvalue weighted by atomic mass is 16.3. The summed E-state index contributed by atoms with van der Waals surface area (Å²) < 4.78 is 0. The third kappa shape index (κ3) is 40.5. The van der Waals surface area contributed by atoms with Crippen LogP contribution in [0.5, 0.6) is 0 Å². The molecule has 0 radical (unpaired) electrons. The van der Waals surface area contributed by atoms with Gasteiger partial charge in [0.1, 0.15) is 0 Å². The lowest BCUT2D eigenvalue weighted by molar-refractivity contribution is -0.124. The first-order valence-electron chi connectivity index (χ1n) is 24.1. The van der Waals surface area contributed by atoms with E-state index in [9.17, 15) is 20.1 Å². The van der Waals surface area contributed by atoms with Crippen LogP contribution >= 0.6 is 0 Å². The summed E-state index contributed by atoms with van der Waals surface area (Å²) in [5, 5.41) is 33.2. The molecule has 1 amide bonds. The largest absolute Gasteiger partial charge is 0.394 e. The molecule has 0 aliphatic heterocycles. The van der Waals surface area contributed by atoms with Crippen molar-refractivity contribution in [2.24, 2.45) is 0 Å². The van der Waals surface area contributed by atoms with Crippen molar-refractivity contribution in [3.8, 4) is 0 Å². The summed E-state index contributed by atoms with van der Waals surface area (Å²) in [5.74, 6) is -0.323. The predicted octanol–water partition coefficient (Wildman–Crippen LogP) is 14.2. The van der Waals surface area contributed by atoms with Crippen LogP contribution in [0.2, 0.25) is 0 Å². The number of carbonyl (C=O) groups is 1. The molecule has 0 rings (SSSR count). The van der Waals surface area contributed by atoms with E-state index in [4.69, 9.17) is 0 Å². The summed E-state index contributed by atoms with van der Waals surface area (Å²) in [6.45, 7) is 4.20. The Bertz CT molecular complexity index is 799. The van der Waals surface area contributed by atoms with Crippen molar-refractivity contribution in [3.05, 3.63) is 24.3 Å². The topological polar surface area (TPSA) is 89.8 Å². The molecule has 0 heterocycles. The number of unbranched alkanes of at least 4 members (excludes halogenated alkanes) is 33. The molecule has 4 N–H and O–H groups in total. The number of aliphatic hydroxyl groups excluding tert-OH is 3. The van der Waals surface area contributed by atoms with Crippen LogP contribution in [0.25, 0.3) is 0 Å². The van der Waals surface area contributed by atoms with Crippen LogP contribution in [-0.4, -0.2) is 46.1 Å². The smallest absolute Gasteiger partial charge is 0.222 e. The second kappa shape index (κ2) is 44.5. The molecule has 0 aromatic heterocycles. The molecule has 0 spiro atoms. The van der Waals surface area contributed by atoms with Crippen LogP contribution in [0, 0.1) is 0 Å². The number of hydrogen-bond acceptors (Lipinski definition) is 4. The van der Waals surface area contributed by atoms with Crippen molar-refractivity contribution in [1.29, 1.82) is 0 Å². The molecule has 3 unspecified atom stereocenters. The Hall–Kier alpha value is -1.17. The first-order chi connectivity index (χ1) is 26.5. The monoisotopic (exact) mass is 762 g/mol. The number of rotatable bonds is 44. The molecule has 0 aliphatic carbocycles. The van der Waals surface area contributed by atoms with E-state index in [1.165, 1.54) is 199 Å². The van der Waals surface area contributed by atoms with Gasteiger partial charge in [0.05, 0.1) is 31.3 Å². The normalized spacial score (nSPS) is 13.6. The lowest BCUT2D eigenvalue weighted by Gasteiger charge is -2.21. The van der Waals surface area contributed by atoms with Crippen molar-refractivity contribution in [2.75, 3.05) is 6.61 Å². The average Bonchev–Trinajstić information content (AvgIpc) is 3.16. The lowest BCUT2D eigenvalue weighted by atomic mass is 10.0. The quantitative estimate of drug-likeness (QED) is 0.0368. The Balaban J connectivity index is 3.53. The Labute approximate surface area is 337 Å². The molecule has 5 nitrogen and oxygen atoms in total. The van der Waals surface area contributed by atoms with Gasteiger partial charge in [0.15, 0.2) is 0 Å². The summed E-state index contributed by atoms with van der Waals surface area (Å²) in [7, 11) is 0. The van der Waals surface area contributed by atoms with Crippen molar-refractivity contribution in [3.63, 3.8) is 0 Å². The van der Waals surface area contributed by atoms with E-state index in [1.807, 2.05) is 6.08 Å². The molecule has 3 atom stereocenters. The minimum Gasteiger partial charge on any atom is -0.394 e. The second-order valence-corrected chi connectivity index (χ2v) is 16.7. The minimum atomic E-state index is -0.947. The van der Waals surface area contributed by atoms with Crippen molar-refractivity contribution < 1.29 is 20.1 Å². The van der Waals surface area contributed by atoms with Gasteiger partial charge in [0.25, 0.3) is 0 Å². The maximum Gasteiger partial charge on any atom is 0.222 e. The van der Waals surface area contributed by atoms with Gasteiger partial charge in [-0.15, -0.1) is 0 Å². The third-order valence-corrected chi connectivity index (χ3v) is 11.2. The Morgan fingerprint density at radius 3 is 1.19 bits per heavy atom. The fourth-order valence-electron chi connectivity index (χ4n) is 7.53. The van der Waals surface area contributed by atoms with E-state index in [-0.39, 0.29) is 18.9 Å². The molecule has 5 heteroatoms. The third-order valence-electron chi connectivity index (χ3n) is 11.2. The number of allylic oxidation sites excluding steroid dienone is 3. The summed E-state index contributed by atoms with van der Waals surface area (Å²) in [5.41, 5.74) is 0. The molecule has 54 heavy (non-hydrogen) atoms. The highest BCUT2D eigenvalue weighted by Gasteiger charge is 2.20. The van der Waals surface area contributed by atoms with E-state index < -0.39 is 18.2 Å². The first kappa shape index (κ1) is 52.8. The minimum absolute atomic E-state index is 0.00973. The maximum atomic E-state index is 12.4. The standard InChI is InChI=1S/C49H95NO4/c1-3-5-7-9-11-13-15-17-18-19-20-21-22-23-24-25-26-27-28-29-30-31-32-34-36-38-40-42-46(52)44-49(54)50-47(45-51)48(53)43-41-39-37-35-33-16-14-12-10-8-6-4-2/h33,35,41,43,46-48,51-53H,3-32,34,36-40,42,44-45H2,1-2H3,(H,50,54)/b35-33+,43-41+. The van der Waals surface area contributed by atoms with Gasteiger partial charge in [-0.25, -0.2) is 0 Å². The van der Waals surface area contributed by atoms with Gasteiger partial charge in [0.2, 0.25) is 5.91 Å². The van der Waals surface area contributed by atoms with Gasteiger partial charge in [-0.3, -0.25) is 4.79 Å². The van der Waals surface area contributed by atoms with Gasteiger partial charge in [-0.2, -0.15) is 0 Å². The average molecular weight is 762 g/mol. The summed E-state index contributed by atoms with van der Waals surface area (Å²) in [4.78, 5) is 12.4. The highest BCUT2D eigenvalue weighted by molar-refractivity contribution is 5.76. The van der Waals surface area contributed by atoms with Crippen LogP contribution in [-0.2, 0) is 4.79 Å². The summed E-state index contributed by atoms with van der Waals surface area (Å²) >= 11 is 0. The summed E-state index contributed by atoms with van der Waals surface area (Å²) in [6.07, 6.45) is 54.9. The molecule has 0 saturated carbocycles. The van der Waals surface area contributed by atoms with Crippen molar-refractivity contribution >= 4 is 5.91 Å². The van der Waals surface area contributed by atoms with E-state index in [1.54, 1.807) is 6.08 Å². The molecule has 0 bridgehead atoms. The van der Waals surface area contributed by atoms with Crippen LogP contribution in [0.1, 0.15) is 258 Å². The zero-order valence-electron chi connectivity index (χ0n) is 36.4. The van der Waals surface area contributed by atoms with Crippen LogP contribution < -0.4 is 5.32 Å². The Morgan fingerprint density at radius 1 is 0.463 bits per heavy atom. The van der Waals surface area contributed by atoms with E-state index in [0.717, 1.165) is 32.1 Å². The number of amides is 1. The molecular formula is C49H95NO4.